The average molecular weight is 381 g/mol. The molecule has 0 N–H and O–H groups in total. The molecule has 0 unspecified atom stereocenters. The van der Waals surface area contributed by atoms with Crippen molar-refractivity contribution in [3.8, 4) is 0 Å². The minimum atomic E-state index is -0.399. The molecule has 1 aromatic heterocycles. The second kappa shape index (κ2) is 6.54. The van der Waals surface area contributed by atoms with Crippen LogP contribution in [0.15, 0.2) is 45.7 Å². The smallest absolute Gasteiger partial charge is 0.257 e. The van der Waals surface area contributed by atoms with Crippen LogP contribution in [0.5, 0.6) is 0 Å². The Hall–Kier alpha value is -2.15. The van der Waals surface area contributed by atoms with Crippen LogP contribution in [0, 0.1) is 5.82 Å². The first-order valence-corrected chi connectivity index (χ1v) is 7.91. The highest BCUT2D eigenvalue weighted by Gasteiger charge is 2.26. The molecule has 0 saturated carbocycles. The summed E-state index contributed by atoms with van der Waals surface area (Å²) in [4.78, 5) is 28.1. The number of halogens is 2. The van der Waals surface area contributed by atoms with Gasteiger partial charge in [-0.1, -0.05) is 0 Å². The monoisotopic (exact) mass is 380 g/mol. The van der Waals surface area contributed by atoms with Crippen molar-refractivity contribution in [2.75, 3.05) is 26.2 Å². The van der Waals surface area contributed by atoms with E-state index in [2.05, 4.69) is 15.9 Å². The van der Waals surface area contributed by atoms with Gasteiger partial charge in [0.05, 0.1) is 17.4 Å². The first-order chi connectivity index (χ1) is 11.1. The normalized spacial score (nSPS) is 14.9. The molecule has 5 nitrogen and oxygen atoms in total. The third-order valence-electron chi connectivity index (χ3n) is 3.78. The SMILES string of the molecule is O=C(c1ccoc1)N1CCN(C(=O)c2ccc(F)cc2Br)CC1. The summed E-state index contributed by atoms with van der Waals surface area (Å²) in [6.45, 7) is 1.78. The van der Waals surface area contributed by atoms with Crippen molar-refractivity contribution in [2.45, 2.75) is 0 Å². The van der Waals surface area contributed by atoms with E-state index in [1.165, 1.54) is 30.7 Å². The maximum atomic E-state index is 13.1. The van der Waals surface area contributed by atoms with Gasteiger partial charge in [0.15, 0.2) is 0 Å². The minimum Gasteiger partial charge on any atom is -0.472 e. The van der Waals surface area contributed by atoms with E-state index < -0.39 is 5.82 Å². The van der Waals surface area contributed by atoms with Crippen LogP contribution in [0.1, 0.15) is 20.7 Å². The third-order valence-corrected chi connectivity index (χ3v) is 4.44. The maximum Gasteiger partial charge on any atom is 0.257 e. The van der Waals surface area contributed by atoms with Crippen LogP contribution in [-0.2, 0) is 0 Å². The standard InChI is InChI=1S/C16H14BrFN2O3/c17-14-9-12(18)1-2-13(14)16(22)20-6-4-19(5-7-20)15(21)11-3-8-23-10-11/h1-3,8-10H,4-7H2. The Morgan fingerprint density at radius 3 is 2.26 bits per heavy atom. The van der Waals surface area contributed by atoms with E-state index in [-0.39, 0.29) is 11.8 Å². The largest absolute Gasteiger partial charge is 0.472 e. The zero-order chi connectivity index (χ0) is 16.4. The zero-order valence-electron chi connectivity index (χ0n) is 12.2. The van der Waals surface area contributed by atoms with Gasteiger partial charge in [0, 0.05) is 30.7 Å². The van der Waals surface area contributed by atoms with Crippen molar-refractivity contribution < 1.29 is 18.4 Å². The predicted octanol–water partition coefficient (Wildman–Crippen LogP) is 2.78. The number of benzene rings is 1. The molecule has 0 atom stereocenters. The molecule has 2 heterocycles. The molecular formula is C16H14BrFN2O3. The van der Waals surface area contributed by atoms with Crippen LogP contribution in [0.3, 0.4) is 0 Å². The van der Waals surface area contributed by atoms with Gasteiger partial charge in [-0.15, -0.1) is 0 Å². The predicted molar refractivity (Wildman–Crippen MR) is 84.6 cm³/mol. The molecule has 23 heavy (non-hydrogen) atoms. The number of hydrogen-bond donors (Lipinski definition) is 0. The Labute approximate surface area is 140 Å². The van der Waals surface area contributed by atoms with Crippen molar-refractivity contribution in [1.82, 2.24) is 9.80 Å². The first-order valence-electron chi connectivity index (χ1n) is 7.12. The third kappa shape index (κ3) is 3.29. The molecule has 1 aliphatic rings. The van der Waals surface area contributed by atoms with Crippen molar-refractivity contribution in [3.05, 3.63) is 58.2 Å². The fourth-order valence-corrected chi connectivity index (χ4v) is 3.04. The topological polar surface area (TPSA) is 53.8 Å². The van der Waals surface area contributed by atoms with E-state index in [1.807, 2.05) is 0 Å². The lowest BCUT2D eigenvalue weighted by molar-refractivity contribution is 0.0534. The number of amides is 2. The van der Waals surface area contributed by atoms with Crippen LogP contribution in [-0.4, -0.2) is 47.8 Å². The molecule has 7 heteroatoms. The molecule has 0 bridgehead atoms. The number of nitrogens with zero attached hydrogens (tertiary/aromatic N) is 2. The molecule has 2 aromatic rings. The fourth-order valence-electron chi connectivity index (χ4n) is 2.51. The lowest BCUT2D eigenvalue weighted by atomic mass is 10.1. The molecule has 120 valence electrons. The number of carbonyl (C=O) groups is 2. The van der Waals surface area contributed by atoms with Gasteiger partial charge in [0.1, 0.15) is 12.1 Å². The summed E-state index contributed by atoms with van der Waals surface area (Å²) in [5.74, 6) is -0.676. The highest BCUT2D eigenvalue weighted by molar-refractivity contribution is 9.10. The Morgan fingerprint density at radius 1 is 1.04 bits per heavy atom. The summed E-state index contributed by atoms with van der Waals surface area (Å²) < 4.78 is 18.5. The summed E-state index contributed by atoms with van der Waals surface area (Å²) in [7, 11) is 0. The molecule has 0 aliphatic carbocycles. The van der Waals surface area contributed by atoms with Crippen LogP contribution in [0.4, 0.5) is 4.39 Å². The van der Waals surface area contributed by atoms with Crippen LogP contribution in [0.2, 0.25) is 0 Å². The van der Waals surface area contributed by atoms with E-state index in [4.69, 9.17) is 4.42 Å². The second-order valence-electron chi connectivity index (χ2n) is 5.22. The summed E-state index contributed by atoms with van der Waals surface area (Å²) in [5.41, 5.74) is 0.923. The number of rotatable bonds is 2. The van der Waals surface area contributed by atoms with E-state index in [1.54, 1.807) is 15.9 Å². The minimum absolute atomic E-state index is 0.103. The van der Waals surface area contributed by atoms with Gasteiger partial charge in [-0.05, 0) is 40.2 Å². The molecule has 1 saturated heterocycles. The summed E-state index contributed by atoms with van der Waals surface area (Å²) in [6, 6.07) is 5.61. The Kier molecular flexibility index (Phi) is 4.47. The second-order valence-corrected chi connectivity index (χ2v) is 6.07. The number of furan rings is 1. The Morgan fingerprint density at radius 2 is 1.70 bits per heavy atom. The van der Waals surface area contributed by atoms with Gasteiger partial charge in [0.25, 0.3) is 11.8 Å². The number of hydrogen-bond acceptors (Lipinski definition) is 3. The fraction of sp³-hybridized carbons (Fsp3) is 0.250. The maximum absolute atomic E-state index is 13.1. The Bertz CT molecular complexity index is 725. The molecule has 1 fully saturated rings. The molecular weight excluding hydrogens is 367 g/mol. The van der Waals surface area contributed by atoms with E-state index in [0.717, 1.165) is 0 Å². The van der Waals surface area contributed by atoms with E-state index in [0.29, 0.717) is 41.8 Å². The van der Waals surface area contributed by atoms with Gasteiger partial charge in [-0.3, -0.25) is 9.59 Å². The molecule has 3 rings (SSSR count). The van der Waals surface area contributed by atoms with Crippen molar-refractivity contribution in [3.63, 3.8) is 0 Å². The molecule has 0 spiro atoms. The Balaban J connectivity index is 1.64. The van der Waals surface area contributed by atoms with Gasteiger partial charge < -0.3 is 14.2 Å². The first kappa shape index (κ1) is 15.7. The lowest BCUT2D eigenvalue weighted by Crippen LogP contribution is -2.50. The van der Waals surface area contributed by atoms with Gasteiger partial charge in [-0.25, -0.2) is 4.39 Å². The van der Waals surface area contributed by atoms with E-state index in [9.17, 15) is 14.0 Å². The van der Waals surface area contributed by atoms with Gasteiger partial charge in [-0.2, -0.15) is 0 Å². The highest BCUT2D eigenvalue weighted by Crippen LogP contribution is 2.20. The molecule has 2 amide bonds. The molecule has 0 radical (unpaired) electrons. The summed E-state index contributed by atoms with van der Waals surface area (Å²) in [6.07, 6.45) is 2.87. The molecule has 1 aliphatic heterocycles. The highest BCUT2D eigenvalue weighted by atomic mass is 79.9. The number of carbonyl (C=O) groups excluding carboxylic acids is 2. The van der Waals surface area contributed by atoms with E-state index >= 15 is 0 Å². The number of piperazine rings is 1. The van der Waals surface area contributed by atoms with Gasteiger partial charge >= 0.3 is 0 Å². The average Bonchev–Trinajstić information content (AvgIpc) is 3.08. The zero-order valence-corrected chi connectivity index (χ0v) is 13.8. The van der Waals surface area contributed by atoms with Crippen LogP contribution >= 0.6 is 15.9 Å². The van der Waals surface area contributed by atoms with Crippen molar-refractivity contribution in [2.24, 2.45) is 0 Å². The van der Waals surface area contributed by atoms with Crippen molar-refractivity contribution in [1.29, 1.82) is 0 Å². The lowest BCUT2D eigenvalue weighted by Gasteiger charge is -2.34. The summed E-state index contributed by atoms with van der Waals surface area (Å²) in [5, 5.41) is 0. The summed E-state index contributed by atoms with van der Waals surface area (Å²) >= 11 is 3.21. The van der Waals surface area contributed by atoms with Gasteiger partial charge in [0.2, 0.25) is 0 Å². The molecule has 1 aromatic carbocycles. The van der Waals surface area contributed by atoms with Crippen LogP contribution < -0.4 is 0 Å². The van der Waals surface area contributed by atoms with Crippen molar-refractivity contribution >= 4 is 27.7 Å². The quantitative estimate of drug-likeness (QED) is 0.804. The van der Waals surface area contributed by atoms with Crippen LogP contribution in [0.25, 0.3) is 0 Å².